The first-order valence-electron chi connectivity index (χ1n) is 8.77. The quantitative estimate of drug-likeness (QED) is 0.785. The maximum atomic E-state index is 12.5. The number of hydrogen-bond acceptors (Lipinski definition) is 2. The predicted molar refractivity (Wildman–Crippen MR) is 98.6 cm³/mol. The predicted octanol–water partition coefficient (Wildman–Crippen LogP) is 2.87. The van der Waals surface area contributed by atoms with Gasteiger partial charge in [0.05, 0.1) is 0 Å². The number of benzene rings is 1. The van der Waals surface area contributed by atoms with Crippen molar-refractivity contribution >= 4 is 22.8 Å². The number of nitrogens with one attached hydrogen (secondary N) is 3. The summed E-state index contributed by atoms with van der Waals surface area (Å²) in [4.78, 5) is 29.6. The van der Waals surface area contributed by atoms with Gasteiger partial charge in [0.25, 0.3) is 5.91 Å². The Labute approximate surface area is 148 Å². The molecule has 1 aromatic carbocycles. The molecule has 3 rings (SSSR count). The van der Waals surface area contributed by atoms with E-state index in [2.05, 4.69) is 15.6 Å². The second-order valence-corrected chi connectivity index (χ2v) is 7.69. The van der Waals surface area contributed by atoms with Crippen LogP contribution in [-0.4, -0.2) is 46.5 Å². The number of hydrogen-bond donors (Lipinski definition) is 3. The molecule has 25 heavy (non-hydrogen) atoms. The van der Waals surface area contributed by atoms with Gasteiger partial charge < -0.3 is 20.5 Å². The molecule has 2 heterocycles. The number of carbonyl (C=O) groups is 2. The van der Waals surface area contributed by atoms with E-state index in [4.69, 9.17) is 0 Å². The fourth-order valence-corrected chi connectivity index (χ4v) is 3.08. The molecule has 1 saturated heterocycles. The highest BCUT2D eigenvalue weighted by Crippen LogP contribution is 2.16. The number of piperidine rings is 1. The summed E-state index contributed by atoms with van der Waals surface area (Å²) in [6.45, 7) is 7.22. The Bertz CT molecular complexity index is 767. The van der Waals surface area contributed by atoms with Crippen molar-refractivity contribution in [1.29, 1.82) is 0 Å². The highest BCUT2D eigenvalue weighted by molar-refractivity contribution is 5.98. The van der Waals surface area contributed by atoms with E-state index in [1.165, 1.54) is 0 Å². The van der Waals surface area contributed by atoms with Crippen molar-refractivity contribution in [2.75, 3.05) is 13.1 Å². The van der Waals surface area contributed by atoms with E-state index in [-0.39, 0.29) is 23.5 Å². The number of aromatic nitrogens is 1. The first-order chi connectivity index (χ1) is 11.8. The third-order valence-corrected chi connectivity index (χ3v) is 4.42. The molecule has 0 atom stereocenters. The molecule has 2 aromatic rings. The van der Waals surface area contributed by atoms with E-state index < -0.39 is 0 Å². The minimum absolute atomic E-state index is 0.0329. The van der Waals surface area contributed by atoms with E-state index in [0.29, 0.717) is 18.7 Å². The molecule has 0 unspecified atom stereocenters. The highest BCUT2D eigenvalue weighted by Gasteiger charge is 2.26. The molecule has 6 heteroatoms. The van der Waals surface area contributed by atoms with Gasteiger partial charge in [-0.1, -0.05) is 6.07 Å². The summed E-state index contributed by atoms with van der Waals surface area (Å²) in [7, 11) is 0. The van der Waals surface area contributed by atoms with E-state index in [9.17, 15) is 9.59 Å². The molecule has 0 aliphatic carbocycles. The van der Waals surface area contributed by atoms with Gasteiger partial charge in [-0.05, 0) is 57.2 Å². The molecular formula is C19H26N4O2. The van der Waals surface area contributed by atoms with Crippen LogP contribution in [0.15, 0.2) is 30.5 Å². The third-order valence-electron chi connectivity index (χ3n) is 4.42. The molecular weight excluding hydrogens is 316 g/mol. The Morgan fingerprint density at radius 2 is 1.88 bits per heavy atom. The summed E-state index contributed by atoms with van der Waals surface area (Å²) in [5.74, 6) is -0.0610. The van der Waals surface area contributed by atoms with Gasteiger partial charge >= 0.3 is 6.03 Å². The van der Waals surface area contributed by atoms with Crippen LogP contribution >= 0.6 is 0 Å². The lowest BCUT2D eigenvalue weighted by molar-refractivity contribution is 0.0917. The lowest BCUT2D eigenvalue weighted by Gasteiger charge is -2.34. The van der Waals surface area contributed by atoms with Gasteiger partial charge in [-0.2, -0.15) is 0 Å². The van der Waals surface area contributed by atoms with Crippen LogP contribution in [0.3, 0.4) is 0 Å². The standard InChI is InChI=1S/C19H26N4O2/c1-19(2,3)22-18(25)23-10-7-15(8-11-23)21-17(24)14-5-4-13-6-9-20-16(13)12-14/h4-6,9,12,15,20H,7-8,10-11H2,1-3H3,(H,21,24)(H,22,25). The first kappa shape index (κ1) is 17.3. The smallest absolute Gasteiger partial charge is 0.317 e. The number of aromatic amines is 1. The fourth-order valence-electron chi connectivity index (χ4n) is 3.08. The zero-order valence-electron chi connectivity index (χ0n) is 15.1. The maximum Gasteiger partial charge on any atom is 0.317 e. The van der Waals surface area contributed by atoms with Crippen LogP contribution in [0.4, 0.5) is 4.79 Å². The number of carbonyl (C=O) groups excluding carboxylic acids is 2. The monoisotopic (exact) mass is 342 g/mol. The average Bonchev–Trinajstić information content (AvgIpc) is 3.01. The fraction of sp³-hybridized carbons (Fsp3) is 0.474. The number of amides is 3. The number of likely N-dealkylation sites (tertiary alicyclic amines) is 1. The molecule has 1 fully saturated rings. The van der Waals surface area contributed by atoms with E-state index >= 15 is 0 Å². The molecule has 1 aromatic heterocycles. The molecule has 0 saturated carbocycles. The van der Waals surface area contributed by atoms with Gasteiger partial charge in [0.1, 0.15) is 0 Å². The lowest BCUT2D eigenvalue weighted by Crippen LogP contribution is -2.53. The Morgan fingerprint density at radius 1 is 1.16 bits per heavy atom. The zero-order valence-corrected chi connectivity index (χ0v) is 15.1. The lowest BCUT2D eigenvalue weighted by atomic mass is 10.0. The molecule has 1 aliphatic rings. The minimum atomic E-state index is -0.237. The summed E-state index contributed by atoms with van der Waals surface area (Å²) in [6.07, 6.45) is 3.41. The summed E-state index contributed by atoms with van der Waals surface area (Å²) in [5.41, 5.74) is 1.38. The topological polar surface area (TPSA) is 77.2 Å². The summed E-state index contributed by atoms with van der Waals surface area (Å²) >= 11 is 0. The van der Waals surface area contributed by atoms with Crippen molar-refractivity contribution < 1.29 is 9.59 Å². The Balaban J connectivity index is 1.53. The van der Waals surface area contributed by atoms with Crippen LogP contribution in [0.5, 0.6) is 0 Å². The molecule has 1 aliphatic heterocycles. The highest BCUT2D eigenvalue weighted by atomic mass is 16.2. The molecule has 0 bridgehead atoms. The maximum absolute atomic E-state index is 12.5. The van der Waals surface area contributed by atoms with Gasteiger partial charge in [0, 0.05) is 41.9 Å². The summed E-state index contributed by atoms with van der Waals surface area (Å²) < 4.78 is 0. The van der Waals surface area contributed by atoms with Crippen LogP contribution in [0.2, 0.25) is 0 Å². The summed E-state index contributed by atoms with van der Waals surface area (Å²) in [6, 6.07) is 7.71. The van der Waals surface area contributed by atoms with Crippen molar-refractivity contribution in [2.45, 2.75) is 45.2 Å². The number of rotatable bonds is 2. The molecule has 0 radical (unpaired) electrons. The molecule has 134 valence electrons. The largest absolute Gasteiger partial charge is 0.361 e. The Kier molecular flexibility index (Phi) is 4.70. The van der Waals surface area contributed by atoms with Gasteiger partial charge in [-0.3, -0.25) is 4.79 Å². The van der Waals surface area contributed by atoms with Crippen molar-refractivity contribution in [3.8, 4) is 0 Å². The van der Waals surface area contributed by atoms with Gasteiger partial charge in [-0.15, -0.1) is 0 Å². The normalized spacial score (nSPS) is 16.0. The molecule has 0 spiro atoms. The van der Waals surface area contributed by atoms with E-state index in [1.54, 1.807) is 0 Å². The Hall–Kier alpha value is -2.50. The molecule has 6 nitrogen and oxygen atoms in total. The molecule has 3 N–H and O–H groups in total. The number of fused-ring (bicyclic) bond motifs is 1. The molecule has 3 amide bonds. The summed E-state index contributed by atoms with van der Waals surface area (Å²) in [5, 5.41) is 7.16. The van der Waals surface area contributed by atoms with E-state index in [0.717, 1.165) is 23.7 Å². The van der Waals surface area contributed by atoms with Gasteiger partial charge in [0.15, 0.2) is 0 Å². The SMILES string of the molecule is CC(C)(C)NC(=O)N1CCC(NC(=O)c2ccc3cc[nH]c3c2)CC1. The first-order valence-corrected chi connectivity index (χ1v) is 8.77. The van der Waals surface area contributed by atoms with Crippen LogP contribution in [-0.2, 0) is 0 Å². The van der Waals surface area contributed by atoms with Crippen LogP contribution < -0.4 is 10.6 Å². The van der Waals surface area contributed by atoms with Crippen molar-refractivity contribution in [1.82, 2.24) is 20.5 Å². The average molecular weight is 342 g/mol. The van der Waals surface area contributed by atoms with Crippen LogP contribution in [0.1, 0.15) is 44.0 Å². The van der Waals surface area contributed by atoms with E-state index in [1.807, 2.05) is 56.1 Å². The van der Waals surface area contributed by atoms with Crippen molar-refractivity contribution in [2.24, 2.45) is 0 Å². The van der Waals surface area contributed by atoms with Gasteiger partial charge in [0.2, 0.25) is 0 Å². The number of nitrogens with zero attached hydrogens (tertiary/aromatic N) is 1. The minimum Gasteiger partial charge on any atom is -0.361 e. The second-order valence-electron chi connectivity index (χ2n) is 7.69. The zero-order chi connectivity index (χ0) is 18.0. The number of H-pyrrole nitrogens is 1. The second kappa shape index (κ2) is 6.78. The third kappa shape index (κ3) is 4.32. The number of urea groups is 1. The van der Waals surface area contributed by atoms with Gasteiger partial charge in [-0.25, -0.2) is 4.79 Å². The van der Waals surface area contributed by atoms with Crippen molar-refractivity contribution in [3.05, 3.63) is 36.0 Å². The van der Waals surface area contributed by atoms with Crippen LogP contribution in [0, 0.1) is 0 Å². The van der Waals surface area contributed by atoms with Crippen LogP contribution in [0.25, 0.3) is 10.9 Å². The van der Waals surface area contributed by atoms with Crippen molar-refractivity contribution in [3.63, 3.8) is 0 Å². The Morgan fingerprint density at radius 3 is 2.56 bits per heavy atom.